The second kappa shape index (κ2) is 3.93. The van der Waals surface area contributed by atoms with Gasteiger partial charge in [0, 0.05) is 13.1 Å². The Kier molecular flexibility index (Phi) is 2.75. The van der Waals surface area contributed by atoms with Gasteiger partial charge in [0.1, 0.15) is 0 Å². The summed E-state index contributed by atoms with van der Waals surface area (Å²) in [5, 5.41) is 2.69. The van der Waals surface area contributed by atoms with Crippen molar-refractivity contribution in [1.82, 2.24) is 10.2 Å². The van der Waals surface area contributed by atoms with Gasteiger partial charge in [-0.2, -0.15) is 0 Å². The topological polar surface area (TPSA) is 84.7 Å². The van der Waals surface area contributed by atoms with Gasteiger partial charge in [-0.25, -0.2) is 4.79 Å². The number of nitrogens with one attached hydrogen (secondary N) is 1. The number of carbonyl (C=O) groups is 2. The number of rotatable bonds is 2. The molecular weight excluding hydrogens is 210 g/mol. The van der Waals surface area contributed by atoms with Gasteiger partial charge in [-0.1, -0.05) is 0 Å². The third-order valence-electron chi connectivity index (χ3n) is 3.20. The molecular formula is C10H17N3O3. The third-order valence-corrected chi connectivity index (χ3v) is 3.20. The van der Waals surface area contributed by atoms with E-state index >= 15 is 0 Å². The fourth-order valence-corrected chi connectivity index (χ4v) is 1.95. The summed E-state index contributed by atoms with van der Waals surface area (Å²) in [6.45, 7) is 1.19. The lowest BCUT2D eigenvalue weighted by Crippen LogP contribution is -2.46. The van der Waals surface area contributed by atoms with Crippen molar-refractivity contribution in [3.8, 4) is 0 Å². The molecule has 0 radical (unpaired) electrons. The SMILES string of the molecule is COC(=O)NC1CCN(C(=O)C2(N)CC2)C1. The van der Waals surface area contributed by atoms with E-state index in [4.69, 9.17) is 5.73 Å². The average molecular weight is 227 g/mol. The van der Waals surface area contributed by atoms with Crippen molar-refractivity contribution in [2.24, 2.45) is 5.73 Å². The van der Waals surface area contributed by atoms with Crippen LogP contribution in [0.1, 0.15) is 19.3 Å². The summed E-state index contributed by atoms with van der Waals surface area (Å²) < 4.78 is 4.51. The second-order valence-electron chi connectivity index (χ2n) is 4.53. The van der Waals surface area contributed by atoms with Crippen LogP contribution in [0.5, 0.6) is 0 Å². The van der Waals surface area contributed by atoms with E-state index in [2.05, 4.69) is 10.1 Å². The highest BCUT2D eigenvalue weighted by atomic mass is 16.5. The molecule has 2 rings (SSSR count). The quantitative estimate of drug-likeness (QED) is 0.662. The summed E-state index contributed by atoms with van der Waals surface area (Å²) in [6.07, 6.45) is 1.86. The third kappa shape index (κ3) is 2.11. The molecule has 1 unspecified atom stereocenters. The molecule has 0 aromatic rings. The summed E-state index contributed by atoms with van der Waals surface area (Å²) in [6, 6.07) is -0.0150. The largest absolute Gasteiger partial charge is 0.453 e. The molecule has 6 heteroatoms. The zero-order chi connectivity index (χ0) is 11.8. The van der Waals surface area contributed by atoms with Crippen LogP contribution in [0.3, 0.4) is 0 Å². The van der Waals surface area contributed by atoms with Gasteiger partial charge in [0.25, 0.3) is 0 Å². The van der Waals surface area contributed by atoms with Gasteiger partial charge in [0.15, 0.2) is 0 Å². The van der Waals surface area contributed by atoms with Gasteiger partial charge in [-0.3, -0.25) is 4.79 Å². The Hall–Kier alpha value is -1.30. The minimum atomic E-state index is -0.611. The Morgan fingerprint density at radius 2 is 2.19 bits per heavy atom. The van der Waals surface area contributed by atoms with E-state index in [-0.39, 0.29) is 11.9 Å². The van der Waals surface area contributed by atoms with Gasteiger partial charge in [-0.15, -0.1) is 0 Å². The van der Waals surface area contributed by atoms with Crippen molar-refractivity contribution in [2.45, 2.75) is 30.8 Å². The molecule has 0 aromatic heterocycles. The normalized spacial score (nSPS) is 26.4. The molecule has 0 spiro atoms. The molecule has 1 aliphatic carbocycles. The molecule has 2 fully saturated rings. The van der Waals surface area contributed by atoms with Crippen molar-refractivity contribution >= 4 is 12.0 Å². The van der Waals surface area contributed by atoms with Crippen LogP contribution in [-0.2, 0) is 9.53 Å². The summed E-state index contributed by atoms with van der Waals surface area (Å²) in [5.41, 5.74) is 5.23. The van der Waals surface area contributed by atoms with E-state index in [1.54, 1.807) is 4.90 Å². The Labute approximate surface area is 94.1 Å². The summed E-state index contributed by atoms with van der Waals surface area (Å²) >= 11 is 0. The van der Waals surface area contributed by atoms with Gasteiger partial charge < -0.3 is 20.7 Å². The predicted molar refractivity (Wildman–Crippen MR) is 56.7 cm³/mol. The lowest BCUT2D eigenvalue weighted by Gasteiger charge is -2.20. The Balaban J connectivity index is 1.83. The minimum absolute atomic E-state index is 0.0150. The van der Waals surface area contributed by atoms with E-state index in [1.807, 2.05) is 0 Å². The first-order valence-electron chi connectivity index (χ1n) is 5.48. The van der Waals surface area contributed by atoms with Gasteiger partial charge in [0.05, 0.1) is 18.7 Å². The monoisotopic (exact) mass is 227 g/mol. The summed E-state index contributed by atoms with van der Waals surface area (Å²) in [7, 11) is 1.33. The van der Waals surface area contributed by atoms with E-state index in [1.165, 1.54) is 7.11 Å². The number of nitrogens with two attached hydrogens (primary N) is 1. The van der Waals surface area contributed by atoms with E-state index in [0.29, 0.717) is 13.1 Å². The average Bonchev–Trinajstić information content (AvgIpc) is 2.86. The zero-order valence-corrected chi connectivity index (χ0v) is 9.36. The highest BCUT2D eigenvalue weighted by Crippen LogP contribution is 2.34. The van der Waals surface area contributed by atoms with Gasteiger partial charge in [0.2, 0.25) is 5.91 Å². The van der Waals surface area contributed by atoms with Crippen molar-refractivity contribution in [3.63, 3.8) is 0 Å². The van der Waals surface area contributed by atoms with Crippen LogP contribution in [-0.4, -0.2) is 48.7 Å². The molecule has 16 heavy (non-hydrogen) atoms. The van der Waals surface area contributed by atoms with Crippen LogP contribution in [0, 0.1) is 0 Å². The molecule has 3 N–H and O–H groups in total. The number of nitrogens with zero attached hydrogens (tertiary/aromatic N) is 1. The molecule has 1 atom stereocenters. The van der Waals surface area contributed by atoms with Crippen LogP contribution in [0.4, 0.5) is 4.79 Å². The first kappa shape index (κ1) is 11.2. The van der Waals surface area contributed by atoms with Crippen LogP contribution in [0.2, 0.25) is 0 Å². The molecule has 0 aromatic carbocycles. The van der Waals surface area contributed by atoms with Crippen molar-refractivity contribution in [1.29, 1.82) is 0 Å². The molecule has 1 heterocycles. The van der Waals surface area contributed by atoms with Crippen molar-refractivity contribution < 1.29 is 14.3 Å². The Morgan fingerprint density at radius 3 is 2.75 bits per heavy atom. The molecule has 6 nitrogen and oxygen atoms in total. The minimum Gasteiger partial charge on any atom is -0.453 e. The molecule has 0 bridgehead atoms. The molecule has 1 aliphatic heterocycles. The lowest BCUT2D eigenvalue weighted by atomic mass is 10.2. The number of ether oxygens (including phenoxy) is 1. The number of methoxy groups -OCH3 is 1. The smallest absolute Gasteiger partial charge is 0.407 e. The highest BCUT2D eigenvalue weighted by Gasteiger charge is 2.49. The maximum atomic E-state index is 11.9. The molecule has 2 amide bonds. The number of amides is 2. The fourth-order valence-electron chi connectivity index (χ4n) is 1.95. The highest BCUT2D eigenvalue weighted by molar-refractivity contribution is 5.89. The molecule has 1 saturated heterocycles. The summed E-state index contributed by atoms with van der Waals surface area (Å²) in [4.78, 5) is 24.6. The number of hydrogen-bond donors (Lipinski definition) is 2. The van der Waals surface area contributed by atoms with Crippen LogP contribution >= 0.6 is 0 Å². The maximum Gasteiger partial charge on any atom is 0.407 e. The van der Waals surface area contributed by atoms with Crippen LogP contribution < -0.4 is 11.1 Å². The van der Waals surface area contributed by atoms with E-state index in [9.17, 15) is 9.59 Å². The van der Waals surface area contributed by atoms with Crippen molar-refractivity contribution in [3.05, 3.63) is 0 Å². The van der Waals surface area contributed by atoms with Gasteiger partial charge >= 0.3 is 6.09 Å². The molecule has 2 aliphatic rings. The predicted octanol–water partition coefficient (Wildman–Crippen LogP) is -0.565. The number of hydrogen-bond acceptors (Lipinski definition) is 4. The molecule has 90 valence electrons. The van der Waals surface area contributed by atoms with E-state index in [0.717, 1.165) is 19.3 Å². The number of carbonyl (C=O) groups excluding carboxylic acids is 2. The lowest BCUT2D eigenvalue weighted by molar-refractivity contribution is -0.132. The second-order valence-corrected chi connectivity index (χ2v) is 4.53. The maximum absolute atomic E-state index is 11.9. The Bertz CT molecular complexity index is 314. The number of alkyl carbamates (subject to hydrolysis) is 1. The van der Waals surface area contributed by atoms with E-state index < -0.39 is 11.6 Å². The molecule has 1 saturated carbocycles. The van der Waals surface area contributed by atoms with Crippen molar-refractivity contribution in [2.75, 3.05) is 20.2 Å². The summed E-state index contributed by atoms with van der Waals surface area (Å²) in [5.74, 6) is 0.0154. The first-order valence-corrected chi connectivity index (χ1v) is 5.48. The first-order chi connectivity index (χ1) is 7.55. The standard InChI is InChI=1S/C10H17N3O3/c1-16-9(15)12-7-2-5-13(6-7)8(14)10(11)3-4-10/h7H,2-6,11H2,1H3,(H,12,15). The fraction of sp³-hybridized carbons (Fsp3) is 0.800. The zero-order valence-electron chi connectivity index (χ0n) is 9.36. The number of likely N-dealkylation sites (tertiary alicyclic amines) is 1. The van der Waals surface area contributed by atoms with Gasteiger partial charge in [-0.05, 0) is 19.3 Å². The van der Waals surface area contributed by atoms with Crippen LogP contribution in [0.25, 0.3) is 0 Å². The van der Waals surface area contributed by atoms with Crippen LogP contribution in [0.15, 0.2) is 0 Å². The Morgan fingerprint density at radius 1 is 1.50 bits per heavy atom.